The van der Waals surface area contributed by atoms with Crippen molar-refractivity contribution in [2.24, 2.45) is 0 Å². The monoisotopic (exact) mass is 302 g/mol. The summed E-state index contributed by atoms with van der Waals surface area (Å²) in [5.41, 5.74) is -0.180. The second-order valence-electron chi connectivity index (χ2n) is 4.36. The first-order chi connectivity index (χ1) is 10.0. The fourth-order valence-corrected chi connectivity index (χ4v) is 2.52. The van der Waals surface area contributed by atoms with Crippen molar-refractivity contribution in [2.45, 2.75) is 0 Å². The number of hydrogen-bond donors (Lipinski definition) is 0. The van der Waals surface area contributed by atoms with Crippen molar-refractivity contribution in [3.05, 3.63) is 68.7 Å². The van der Waals surface area contributed by atoms with Gasteiger partial charge in [0.05, 0.1) is 21.1 Å². The van der Waals surface area contributed by atoms with Crippen molar-refractivity contribution in [1.82, 2.24) is 0 Å². The molecule has 0 N–H and O–H groups in total. The Morgan fingerprint density at radius 2 is 1.52 bits per heavy atom. The topological polar surface area (TPSA) is 80.5 Å². The molecule has 0 fully saturated rings. The van der Waals surface area contributed by atoms with Gasteiger partial charge in [0.25, 0.3) is 17.5 Å². The number of anilines is 1. The lowest BCUT2D eigenvalue weighted by molar-refractivity contribution is -0.384. The number of imide groups is 1. The van der Waals surface area contributed by atoms with Gasteiger partial charge < -0.3 is 0 Å². The van der Waals surface area contributed by atoms with Crippen LogP contribution in [0.25, 0.3) is 0 Å². The summed E-state index contributed by atoms with van der Waals surface area (Å²) >= 11 is 5.98. The first kappa shape index (κ1) is 13.3. The maximum absolute atomic E-state index is 12.4. The number of nitrogens with zero attached hydrogens (tertiary/aromatic N) is 2. The third-order valence-corrected chi connectivity index (χ3v) is 3.48. The van der Waals surface area contributed by atoms with Crippen LogP contribution in [0.2, 0.25) is 5.02 Å². The Kier molecular flexibility index (Phi) is 2.95. The maximum atomic E-state index is 12.4. The molecule has 104 valence electrons. The fourth-order valence-electron chi connectivity index (χ4n) is 2.26. The largest absolute Gasteiger partial charge is 0.294 e. The summed E-state index contributed by atoms with van der Waals surface area (Å²) in [5.74, 6) is -1.24. The van der Waals surface area contributed by atoms with Crippen molar-refractivity contribution >= 4 is 34.8 Å². The second kappa shape index (κ2) is 4.68. The van der Waals surface area contributed by atoms with Crippen LogP contribution in [-0.4, -0.2) is 16.7 Å². The van der Waals surface area contributed by atoms with Gasteiger partial charge in [0.2, 0.25) is 0 Å². The van der Waals surface area contributed by atoms with E-state index in [0.717, 1.165) is 4.90 Å². The molecule has 0 bridgehead atoms. The van der Waals surface area contributed by atoms with Gasteiger partial charge in [-0.2, -0.15) is 0 Å². The molecule has 3 rings (SSSR count). The van der Waals surface area contributed by atoms with E-state index in [4.69, 9.17) is 11.6 Å². The molecule has 0 aliphatic carbocycles. The van der Waals surface area contributed by atoms with Gasteiger partial charge in [0.1, 0.15) is 5.69 Å². The highest BCUT2D eigenvalue weighted by Gasteiger charge is 2.40. The first-order valence-electron chi connectivity index (χ1n) is 5.93. The molecule has 0 radical (unpaired) electrons. The van der Waals surface area contributed by atoms with Gasteiger partial charge in [-0.3, -0.25) is 19.7 Å². The Labute approximate surface area is 123 Å². The molecule has 1 aliphatic heterocycles. The van der Waals surface area contributed by atoms with Crippen molar-refractivity contribution in [1.29, 1.82) is 0 Å². The Hall–Kier alpha value is -2.73. The van der Waals surface area contributed by atoms with Crippen LogP contribution in [0.5, 0.6) is 0 Å². The Morgan fingerprint density at radius 1 is 0.952 bits per heavy atom. The van der Waals surface area contributed by atoms with Crippen LogP contribution in [0.4, 0.5) is 11.4 Å². The van der Waals surface area contributed by atoms with Crippen molar-refractivity contribution in [3.8, 4) is 0 Å². The molecule has 6 nitrogen and oxygen atoms in total. The van der Waals surface area contributed by atoms with Crippen LogP contribution in [-0.2, 0) is 0 Å². The number of carbonyl (C=O) groups is 2. The standard InChI is InChI=1S/C14H7ClN2O4/c15-10-6-3-7-11(17(20)21)12(10)16-13(18)8-4-1-2-5-9(8)14(16)19/h1-7H. The summed E-state index contributed by atoms with van der Waals surface area (Å²) in [5, 5.41) is 11.1. The van der Waals surface area contributed by atoms with E-state index in [1.54, 1.807) is 12.1 Å². The number of carbonyl (C=O) groups excluding carboxylic acids is 2. The lowest BCUT2D eigenvalue weighted by Crippen LogP contribution is -2.30. The molecule has 0 spiro atoms. The van der Waals surface area contributed by atoms with Crippen molar-refractivity contribution in [3.63, 3.8) is 0 Å². The zero-order valence-corrected chi connectivity index (χ0v) is 11.2. The van der Waals surface area contributed by atoms with Crippen LogP contribution >= 0.6 is 11.6 Å². The third kappa shape index (κ3) is 1.88. The molecule has 0 saturated heterocycles. The minimum Gasteiger partial charge on any atom is -0.268 e. The number of fused-ring (bicyclic) bond motifs is 1. The van der Waals surface area contributed by atoms with Crippen molar-refractivity contribution in [2.75, 3.05) is 4.90 Å². The van der Waals surface area contributed by atoms with Gasteiger partial charge in [-0.15, -0.1) is 0 Å². The molecule has 2 amide bonds. The summed E-state index contributed by atoms with van der Waals surface area (Å²) in [6.07, 6.45) is 0. The van der Waals surface area contributed by atoms with Gasteiger partial charge >= 0.3 is 0 Å². The maximum Gasteiger partial charge on any atom is 0.294 e. The van der Waals surface area contributed by atoms with E-state index in [0.29, 0.717) is 0 Å². The number of para-hydroxylation sites is 1. The molecule has 2 aromatic carbocycles. The zero-order chi connectivity index (χ0) is 15.1. The van der Waals surface area contributed by atoms with Gasteiger partial charge in [0, 0.05) is 6.07 Å². The Balaban J connectivity index is 2.23. The summed E-state index contributed by atoms with van der Waals surface area (Å²) in [6, 6.07) is 10.2. The molecule has 0 unspecified atom stereocenters. The molecule has 2 aromatic rings. The summed E-state index contributed by atoms with van der Waals surface area (Å²) < 4.78 is 0. The minimum absolute atomic E-state index is 0.0290. The molecular formula is C14H7ClN2O4. The van der Waals surface area contributed by atoms with E-state index in [1.807, 2.05) is 0 Å². The number of benzene rings is 2. The average molecular weight is 303 g/mol. The van der Waals surface area contributed by atoms with E-state index in [1.165, 1.54) is 30.3 Å². The molecule has 0 saturated carbocycles. The average Bonchev–Trinajstić information content (AvgIpc) is 2.72. The Bertz CT molecular complexity index is 768. The molecule has 1 aliphatic rings. The summed E-state index contributed by atoms with van der Waals surface area (Å²) in [6.45, 7) is 0. The first-order valence-corrected chi connectivity index (χ1v) is 6.31. The molecule has 1 heterocycles. The second-order valence-corrected chi connectivity index (χ2v) is 4.76. The highest BCUT2D eigenvalue weighted by molar-refractivity contribution is 6.40. The number of nitro groups is 1. The van der Waals surface area contributed by atoms with Gasteiger partial charge in [0.15, 0.2) is 0 Å². The smallest absolute Gasteiger partial charge is 0.268 e. The van der Waals surface area contributed by atoms with Gasteiger partial charge in [-0.25, -0.2) is 4.90 Å². The summed E-state index contributed by atoms with van der Waals surface area (Å²) in [4.78, 5) is 35.9. The molecule has 21 heavy (non-hydrogen) atoms. The molecule has 7 heteroatoms. The predicted molar refractivity (Wildman–Crippen MR) is 75.7 cm³/mol. The molecule has 0 atom stereocenters. The summed E-state index contributed by atoms with van der Waals surface area (Å²) in [7, 11) is 0. The van der Waals surface area contributed by atoms with E-state index in [9.17, 15) is 19.7 Å². The predicted octanol–water partition coefficient (Wildman–Crippen LogP) is 3.05. The quantitative estimate of drug-likeness (QED) is 0.485. The number of amides is 2. The SMILES string of the molecule is O=C1c2ccccc2C(=O)N1c1c(Cl)cccc1[N+](=O)[O-]. The van der Waals surface area contributed by atoms with E-state index >= 15 is 0 Å². The third-order valence-electron chi connectivity index (χ3n) is 3.18. The normalized spacial score (nSPS) is 13.5. The zero-order valence-electron chi connectivity index (χ0n) is 10.4. The van der Waals surface area contributed by atoms with Crippen LogP contribution < -0.4 is 4.90 Å². The van der Waals surface area contributed by atoms with Gasteiger partial charge in [-0.1, -0.05) is 29.8 Å². The minimum atomic E-state index is -0.676. The number of hydrogen-bond acceptors (Lipinski definition) is 4. The van der Waals surface area contributed by atoms with Crippen LogP contribution in [0.3, 0.4) is 0 Å². The number of rotatable bonds is 2. The van der Waals surface area contributed by atoms with E-state index in [2.05, 4.69) is 0 Å². The molecular weight excluding hydrogens is 296 g/mol. The van der Waals surface area contributed by atoms with E-state index < -0.39 is 22.4 Å². The van der Waals surface area contributed by atoms with Crippen molar-refractivity contribution < 1.29 is 14.5 Å². The van der Waals surface area contributed by atoms with Crippen LogP contribution in [0.15, 0.2) is 42.5 Å². The Morgan fingerprint density at radius 3 is 2.05 bits per heavy atom. The van der Waals surface area contributed by atoms with Gasteiger partial charge in [-0.05, 0) is 18.2 Å². The highest BCUT2D eigenvalue weighted by Crippen LogP contribution is 2.39. The van der Waals surface area contributed by atoms with E-state index in [-0.39, 0.29) is 21.8 Å². The van der Waals surface area contributed by atoms with Crippen LogP contribution in [0, 0.1) is 10.1 Å². The van der Waals surface area contributed by atoms with Crippen LogP contribution in [0.1, 0.15) is 20.7 Å². The number of nitro benzene ring substituents is 1. The molecule has 0 aromatic heterocycles. The number of halogens is 1. The lowest BCUT2D eigenvalue weighted by Gasteiger charge is -2.15. The highest BCUT2D eigenvalue weighted by atomic mass is 35.5. The fraction of sp³-hybridized carbons (Fsp3) is 0. The lowest BCUT2D eigenvalue weighted by atomic mass is 10.1.